The van der Waals surface area contributed by atoms with Gasteiger partial charge in [0.05, 0.1) is 13.7 Å². The van der Waals surface area contributed by atoms with E-state index in [4.69, 9.17) is 9.47 Å². The minimum Gasteiger partial charge on any atom is -0.496 e. The fourth-order valence-electron chi connectivity index (χ4n) is 3.54. The topological polar surface area (TPSA) is 52.5 Å². The zero-order chi connectivity index (χ0) is 19.2. The molecule has 3 rings (SSSR count). The highest BCUT2D eigenvalue weighted by molar-refractivity contribution is 5.86. The maximum atomic E-state index is 12.6. The first kappa shape index (κ1) is 19.0. The number of para-hydroxylation sites is 2. The Balaban J connectivity index is 2.03. The van der Waals surface area contributed by atoms with Gasteiger partial charge in [-0.1, -0.05) is 36.4 Å². The van der Waals surface area contributed by atoms with Crippen LogP contribution in [0.15, 0.2) is 54.7 Å². The van der Waals surface area contributed by atoms with E-state index in [2.05, 4.69) is 28.2 Å². The van der Waals surface area contributed by atoms with Gasteiger partial charge in [-0.05, 0) is 17.7 Å². The van der Waals surface area contributed by atoms with E-state index in [0.29, 0.717) is 19.6 Å². The molecule has 3 aromatic rings. The number of amides is 1. The predicted octanol–water partition coefficient (Wildman–Crippen LogP) is 3.47. The molecule has 0 aliphatic carbocycles. The molecule has 0 fully saturated rings. The molecule has 1 atom stereocenters. The van der Waals surface area contributed by atoms with Crippen molar-refractivity contribution in [2.24, 2.45) is 7.05 Å². The van der Waals surface area contributed by atoms with Crippen molar-refractivity contribution in [2.45, 2.75) is 12.3 Å². The lowest BCUT2D eigenvalue weighted by atomic mass is 9.87. The number of carbonyl (C=O) groups excluding carboxylic acids is 1. The average Bonchev–Trinajstić information content (AvgIpc) is 3.03. The first-order valence-electron chi connectivity index (χ1n) is 9.08. The molecule has 5 nitrogen and oxygen atoms in total. The molecule has 0 aliphatic heterocycles. The van der Waals surface area contributed by atoms with E-state index in [1.54, 1.807) is 14.2 Å². The Hall–Kier alpha value is -2.79. The second-order valence-corrected chi connectivity index (χ2v) is 6.55. The van der Waals surface area contributed by atoms with Gasteiger partial charge in [0.15, 0.2) is 0 Å². The highest BCUT2D eigenvalue weighted by atomic mass is 16.5. The highest BCUT2D eigenvalue weighted by Gasteiger charge is 2.24. The minimum absolute atomic E-state index is 0.00381. The second-order valence-electron chi connectivity index (χ2n) is 6.55. The lowest BCUT2D eigenvalue weighted by Crippen LogP contribution is -2.28. The smallest absolute Gasteiger partial charge is 0.221 e. The van der Waals surface area contributed by atoms with Crippen molar-refractivity contribution in [3.8, 4) is 5.75 Å². The first-order chi connectivity index (χ1) is 13.2. The van der Waals surface area contributed by atoms with Crippen LogP contribution in [-0.2, 0) is 16.6 Å². The fourth-order valence-corrected chi connectivity index (χ4v) is 3.54. The van der Waals surface area contributed by atoms with Crippen molar-refractivity contribution in [1.82, 2.24) is 9.88 Å². The highest BCUT2D eigenvalue weighted by Crippen LogP contribution is 2.38. The molecule has 0 radical (unpaired) electrons. The average molecular weight is 366 g/mol. The lowest BCUT2D eigenvalue weighted by Gasteiger charge is -2.19. The Kier molecular flexibility index (Phi) is 6.14. The molecular formula is C22H26N2O3. The largest absolute Gasteiger partial charge is 0.496 e. The summed E-state index contributed by atoms with van der Waals surface area (Å²) >= 11 is 0. The Morgan fingerprint density at radius 2 is 1.81 bits per heavy atom. The Labute approximate surface area is 159 Å². The van der Waals surface area contributed by atoms with Gasteiger partial charge in [0, 0.05) is 55.7 Å². The van der Waals surface area contributed by atoms with E-state index in [-0.39, 0.29) is 11.8 Å². The van der Waals surface area contributed by atoms with Gasteiger partial charge in [-0.25, -0.2) is 0 Å². The van der Waals surface area contributed by atoms with E-state index in [0.717, 1.165) is 27.8 Å². The number of aromatic nitrogens is 1. The van der Waals surface area contributed by atoms with Crippen LogP contribution < -0.4 is 10.1 Å². The summed E-state index contributed by atoms with van der Waals surface area (Å²) in [5.74, 6) is 0.686. The van der Waals surface area contributed by atoms with Crippen LogP contribution in [0.5, 0.6) is 5.75 Å². The number of benzene rings is 2. The molecule has 5 heteroatoms. The van der Waals surface area contributed by atoms with Crippen molar-refractivity contribution in [2.75, 3.05) is 27.4 Å². The molecule has 0 saturated carbocycles. The monoisotopic (exact) mass is 366 g/mol. The van der Waals surface area contributed by atoms with Crippen LogP contribution in [0.1, 0.15) is 23.5 Å². The van der Waals surface area contributed by atoms with Crippen molar-refractivity contribution in [3.63, 3.8) is 0 Å². The molecule has 0 saturated heterocycles. The van der Waals surface area contributed by atoms with Gasteiger partial charge >= 0.3 is 0 Å². The van der Waals surface area contributed by atoms with Crippen molar-refractivity contribution >= 4 is 16.8 Å². The third-order valence-electron chi connectivity index (χ3n) is 4.84. The van der Waals surface area contributed by atoms with Crippen LogP contribution >= 0.6 is 0 Å². The van der Waals surface area contributed by atoms with E-state index in [9.17, 15) is 4.79 Å². The SMILES string of the molecule is COCCNC(=O)CC(c1ccccc1OC)c1cn(C)c2ccccc12. The number of hydrogen-bond acceptors (Lipinski definition) is 3. The van der Waals surface area contributed by atoms with Crippen molar-refractivity contribution in [1.29, 1.82) is 0 Å². The van der Waals surface area contributed by atoms with Crippen LogP contribution in [0.3, 0.4) is 0 Å². The molecule has 1 N–H and O–H groups in total. The van der Waals surface area contributed by atoms with Crippen LogP contribution in [0, 0.1) is 0 Å². The molecule has 27 heavy (non-hydrogen) atoms. The van der Waals surface area contributed by atoms with Gasteiger partial charge in [0.2, 0.25) is 5.91 Å². The minimum atomic E-state index is -0.102. The molecule has 0 bridgehead atoms. The molecule has 0 aliphatic rings. The van der Waals surface area contributed by atoms with Gasteiger partial charge in [0.25, 0.3) is 0 Å². The lowest BCUT2D eigenvalue weighted by molar-refractivity contribution is -0.121. The molecule has 142 valence electrons. The number of hydrogen-bond donors (Lipinski definition) is 1. The Morgan fingerprint density at radius 1 is 1.07 bits per heavy atom. The molecule has 1 unspecified atom stereocenters. The molecular weight excluding hydrogens is 340 g/mol. The number of aryl methyl sites for hydroxylation is 1. The van der Waals surface area contributed by atoms with E-state index in [1.165, 1.54) is 0 Å². The van der Waals surface area contributed by atoms with Crippen LogP contribution in [-0.4, -0.2) is 37.8 Å². The maximum Gasteiger partial charge on any atom is 0.221 e. The summed E-state index contributed by atoms with van der Waals surface area (Å²) < 4.78 is 12.7. The normalized spacial score (nSPS) is 12.1. The summed E-state index contributed by atoms with van der Waals surface area (Å²) in [5.41, 5.74) is 3.28. The van der Waals surface area contributed by atoms with Gasteiger partial charge in [0.1, 0.15) is 5.75 Å². The quantitative estimate of drug-likeness (QED) is 0.621. The number of ether oxygens (including phenoxy) is 2. The number of methoxy groups -OCH3 is 2. The standard InChI is InChI=1S/C22H26N2O3/c1-24-15-19(16-8-4-6-10-20(16)24)18(14-22(25)23-12-13-26-2)17-9-5-7-11-21(17)27-3/h4-11,15,18H,12-14H2,1-3H3,(H,23,25). The van der Waals surface area contributed by atoms with Crippen LogP contribution in [0.2, 0.25) is 0 Å². The van der Waals surface area contributed by atoms with E-state index in [1.807, 2.05) is 43.4 Å². The Morgan fingerprint density at radius 3 is 2.59 bits per heavy atom. The van der Waals surface area contributed by atoms with Gasteiger partial charge in [-0.15, -0.1) is 0 Å². The van der Waals surface area contributed by atoms with Gasteiger partial charge in [-0.2, -0.15) is 0 Å². The summed E-state index contributed by atoms with van der Waals surface area (Å²) in [6, 6.07) is 16.2. The first-order valence-corrected chi connectivity index (χ1v) is 9.08. The number of nitrogens with one attached hydrogen (secondary N) is 1. The second kappa shape index (κ2) is 8.73. The number of nitrogens with zero attached hydrogens (tertiary/aromatic N) is 1. The summed E-state index contributed by atoms with van der Waals surface area (Å²) in [6.45, 7) is 1.00. The third kappa shape index (κ3) is 4.14. The van der Waals surface area contributed by atoms with Crippen molar-refractivity contribution < 1.29 is 14.3 Å². The molecule has 0 spiro atoms. The predicted molar refractivity (Wildman–Crippen MR) is 107 cm³/mol. The van der Waals surface area contributed by atoms with Crippen LogP contribution in [0.25, 0.3) is 10.9 Å². The summed E-state index contributed by atoms with van der Waals surface area (Å²) in [4.78, 5) is 12.6. The summed E-state index contributed by atoms with van der Waals surface area (Å²) in [6.07, 6.45) is 2.46. The molecule has 1 aromatic heterocycles. The number of rotatable bonds is 8. The van der Waals surface area contributed by atoms with Crippen molar-refractivity contribution in [3.05, 3.63) is 65.9 Å². The van der Waals surface area contributed by atoms with Gasteiger partial charge in [-0.3, -0.25) is 4.79 Å². The van der Waals surface area contributed by atoms with Crippen LogP contribution in [0.4, 0.5) is 0 Å². The third-order valence-corrected chi connectivity index (χ3v) is 4.84. The van der Waals surface area contributed by atoms with E-state index < -0.39 is 0 Å². The number of carbonyl (C=O) groups is 1. The van der Waals surface area contributed by atoms with Gasteiger partial charge < -0.3 is 19.4 Å². The molecule has 1 heterocycles. The Bertz CT molecular complexity index is 917. The summed E-state index contributed by atoms with van der Waals surface area (Å²) in [5, 5.41) is 4.09. The van der Waals surface area contributed by atoms with E-state index >= 15 is 0 Å². The molecule has 1 amide bonds. The number of fused-ring (bicyclic) bond motifs is 1. The fraction of sp³-hybridized carbons (Fsp3) is 0.318. The molecule has 2 aromatic carbocycles. The maximum absolute atomic E-state index is 12.6. The zero-order valence-corrected chi connectivity index (χ0v) is 16.1. The zero-order valence-electron chi connectivity index (χ0n) is 16.1. The summed E-state index contributed by atoms with van der Waals surface area (Å²) in [7, 11) is 5.32.